The highest BCUT2D eigenvalue weighted by Crippen LogP contribution is 2.66. The third-order valence-corrected chi connectivity index (χ3v) is 12.0. The lowest BCUT2D eigenvalue weighted by molar-refractivity contribution is -0.131. The molecule has 3 heterocycles. The molecular weight excluding hydrogens is 693 g/mol. The zero-order valence-electron chi connectivity index (χ0n) is 28.8. The minimum absolute atomic E-state index is 0.113. The van der Waals surface area contributed by atoms with Crippen LogP contribution in [0, 0.1) is 34.9 Å². The Labute approximate surface area is 304 Å². The van der Waals surface area contributed by atoms with Crippen LogP contribution in [0.1, 0.15) is 31.2 Å². The second-order valence-electron chi connectivity index (χ2n) is 14.2. The molecule has 6 unspecified atom stereocenters. The van der Waals surface area contributed by atoms with Crippen LogP contribution in [0.3, 0.4) is 0 Å². The lowest BCUT2D eigenvalue weighted by atomic mass is 9.51. The predicted molar refractivity (Wildman–Crippen MR) is 189 cm³/mol. The number of carbonyl (C=O) groups excluding carboxylic acids is 4. The van der Waals surface area contributed by atoms with E-state index in [2.05, 4.69) is 4.90 Å². The fourth-order valence-corrected chi connectivity index (χ4v) is 9.47. The third kappa shape index (κ3) is 4.94. The molecule has 0 aromatic heterocycles. The summed E-state index contributed by atoms with van der Waals surface area (Å²) in [6, 6.07) is 13.9. The Balaban J connectivity index is 1.23. The van der Waals surface area contributed by atoms with Gasteiger partial charge in [0, 0.05) is 42.4 Å². The summed E-state index contributed by atoms with van der Waals surface area (Å²) < 4.78 is 31.3. The van der Waals surface area contributed by atoms with Crippen molar-refractivity contribution in [2.45, 2.75) is 25.7 Å². The molecule has 6 atom stereocenters. The van der Waals surface area contributed by atoms with Gasteiger partial charge in [0.25, 0.3) is 0 Å². The third-order valence-electron chi connectivity index (χ3n) is 11.7. The summed E-state index contributed by atoms with van der Waals surface area (Å²) in [6.07, 6.45) is 2.28. The van der Waals surface area contributed by atoms with Crippen LogP contribution in [0.15, 0.2) is 66.2 Å². The number of amides is 4. The van der Waals surface area contributed by atoms with E-state index in [0.717, 1.165) is 29.7 Å². The van der Waals surface area contributed by atoms with Gasteiger partial charge in [0.1, 0.15) is 23.1 Å². The van der Waals surface area contributed by atoms with Gasteiger partial charge in [-0.2, -0.15) is 0 Å². The van der Waals surface area contributed by atoms with Crippen molar-refractivity contribution in [3.8, 4) is 17.2 Å². The number of phenolic OH excluding ortho intramolecular Hbond substituents is 1. The Kier molecular flexibility index (Phi) is 8.30. The zero-order valence-corrected chi connectivity index (χ0v) is 29.6. The number of ether oxygens (including phenoxy) is 3. The lowest BCUT2D eigenvalue weighted by Crippen LogP contribution is -2.49. The Morgan fingerprint density at radius 3 is 2.12 bits per heavy atom. The molecule has 13 heteroatoms. The Morgan fingerprint density at radius 1 is 0.846 bits per heavy atom. The second-order valence-corrected chi connectivity index (χ2v) is 14.6. The highest BCUT2D eigenvalue weighted by Gasteiger charge is 2.68. The van der Waals surface area contributed by atoms with E-state index in [4.69, 9.17) is 25.8 Å². The van der Waals surface area contributed by atoms with Gasteiger partial charge >= 0.3 is 0 Å². The van der Waals surface area contributed by atoms with E-state index >= 15 is 0 Å². The molecule has 0 spiro atoms. The molecule has 1 saturated carbocycles. The van der Waals surface area contributed by atoms with Gasteiger partial charge in [-0.1, -0.05) is 23.3 Å². The molecule has 0 radical (unpaired) electrons. The van der Waals surface area contributed by atoms with Crippen LogP contribution < -0.4 is 24.2 Å². The topological polar surface area (TPSA) is 126 Å². The van der Waals surface area contributed by atoms with Crippen molar-refractivity contribution in [1.29, 1.82) is 0 Å². The molecule has 3 aliphatic heterocycles. The van der Waals surface area contributed by atoms with Crippen LogP contribution in [-0.4, -0.2) is 69.3 Å². The van der Waals surface area contributed by atoms with Gasteiger partial charge in [-0.05, 0) is 68.1 Å². The van der Waals surface area contributed by atoms with Crippen molar-refractivity contribution < 1.29 is 42.9 Å². The minimum atomic E-state index is -1.44. The van der Waals surface area contributed by atoms with Crippen LogP contribution in [0.25, 0.3) is 0 Å². The van der Waals surface area contributed by atoms with Crippen LogP contribution in [-0.2, 0) is 23.9 Å². The molecule has 3 aromatic carbocycles. The normalized spacial score (nSPS) is 28.4. The van der Waals surface area contributed by atoms with Gasteiger partial charge in [0.05, 0.1) is 67.0 Å². The van der Waals surface area contributed by atoms with Gasteiger partial charge in [-0.25, -0.2) is 9.29 Å². The van der Waals surface area contributed by atoms with Crippen LogP contribution in [0.4, 0.5) is 21.5 Å². The highest BCUT2D eigenvalue weighted by atomic mass is 35.5. The number of imide groups is 2. The number of halogens is 2. The maximum Gasteiger partial charge on any atom is 0.241 e. The fraction of sp³-hybridized carbons (Fsp3) is 0.385. The van der Waals surface area contributed by atoms with Gasteiger partial charge in [-0.3, -0.25) is 24.1 Å². The van der Waals surface area contributed by atoms with Crippen LogP contribution >= 0.6 is 11.6 Å². The monoisotopic (exact) mass is 729 g/mol. The molecular formula is C39H37ClFN3O8. The number of fused-ring (bicyclic) bond motifs is 4. The van der Waals surface area contributed by atoms with E-state index in [1.165, 1.54) is 43.4 Å². The first kappa shape index (κ1) is 34.2. The molecule has 11 nitrogen and oxygen atoms in total. The molecule has 52 heavy (non-hydrogen) atoms. The maximum absolute atomic E-state index is 14.8. The number of hydrogen-bond donors (Lipinski definition) is 1. The molecule has 4 amide bonds. The SMILES string of the molecule is COc1cc(O)cc(OC)c1C1C2=CCC3C(=O)N(c4ccc(N5CCOCC5)cc4)C(=O)C3C2CC2C(=O)N(c3ccc(F)c(Cl)c3)C(=O)C21C. The number of morpholine rings is 1. The number of carbonyl (C=O) groups is 4. The number of nitrogens with zero attached hydrogens (tertiary/aromatic N) is 3. The molecule has 4 fully saturated rings. The van der Waals surface area contributed by atoms with E-state index in [1.807, 2.05) is 18.2 Å². The average Bonchev–Trinajstić information content (AvgIpc) is 3.52. The standard InChI is InChI=1S/C39H37ClFN3O8/c1-39-27(36(47)44(38(39)49)22-8-11-29(41)28(40)16-22)19-26-24(34(39)33-30(50-2)17-23(45)18-31(33)51-3)9-10-25-32(26)37(48)43(35(25)46)21-6-4-20(5-7-21)42-12-14-52-15-13-42/h4-9,11,16-18,25-27,32,34,45H,10,12-15,19H2,1-3H3. The quantitative estimate of drug-likeness (QED) is 0.260. The van der Waals surface area contributed by atoms with Crippen molar-refractivity contribution in [2.24, 2.45) is 29.1 Å². The number of methoxy groups -OCH3 is 2. The number of hydrogen-bond acceptors (Lipinski definition) is 9. The molecule has 1 N–H and O–H groups in total. The van der Waals surface area contributed by atoms with E-state index in [1.54, 1.807) is 19.1 Å². The number of aromatic hydroxyl groups is 1. The number of anilines is 3. The Bertz CT molecular complexity index is 2020. The fourth-order valence-electron chi connectivity index (χ4n) is 9.29. The summed E-state index contributed by atoms with van der Waals surface area (Å²) in [5, 5.41) is 10.3. The van der Waals surface area contributed by atoms with Crippen LogP contribution in [0.2, 0.25) is 5.02 Å². The second kappa shape index (κ2) is 12.6. The van der Waals surface area contributed by atoms with Gasteiger partial charge < -0.3 is 24.2 Å². The largest absolute Gasteiger partial charge is 0.508 e. The number of benzene rings is 3. The van der Waals surface area contributed by atoms with E-state index in [9.17, 15) is 28.7 Å². The number of rotatable bonds is 6. The summed E-state index contributed by atoms with van der Waals surface area (Å²) in [6.45, 7) is 4.44. The Hall–Kier alpha value is -4.94. The molecule has 270 valence electrons. The van der Waals surface area contributed by atoms with Gasteiger partial charge in [0.15, 0.2) is 0 Å². The van der Waals surface area contributed by atoms with Gasteiger partial charge in [0.2, 0.25) is 23.6 Å². The molecule has 2 aliphatic carbocycles. The first-order valence-corrected chi connectivity index (χ1v) is 17.7. The molecule has 3 aromatic rings. The average molecular weight is 730 g/mol. The predicted octanol–water partition coefficient (Wildman–Crippen LogP) is 5.47. The molecule has 8 rings (SSSR count). The summed E-state index contributed by atoms with van der Waals surface area (Å²) in [7, 11) is 2.86. The Morgan fingerprint density at radius 2 is 1.48 bits per heavy atom. The molecule has 0 bridgehead atoms. The summed E-state index contributed by atoms with van der Waals surface area (Å²) in [5.41, 5.74) is 1.26. The first-order valence-electron chi connectivity index (χ1n) is 17.3. The van der Waals surface area contributed by atoms with Crippen molar-refractivity contribution in [3.63, 3.8) is 0 Å². The summed E-state index contributed by atoms with van der Waals surface area (Å²) in [5.74, 6) is -6.02. The minimum Gasteiger partial charge on any atom is -0.508 e. The van der Waals surface area contributed by atoms with Crippen molar-refractivity contribution in [1.82, 2.24) is 0 Å². The van der Waals surface area contributed by atoms with Gasteiger partial charge in [-0.15, -0.1) is 0 Å². The first-order chi connectivity index (χ1) is 25.0. The highest BCUT2D eigenvalue weighted by molar-refractivity contribution is 6.32. The van der Waals surface area contributed by atoms with E-state index in [-0.39, 0.29) is 52.6 Å². The number of phenols is 1. The van der Waals surface area contributed by atoms with Crippen molar-refractivity contribution >= 4 is 52.3 Å². The van der Waals surface area contributed by atoms with Crippen molar-refractivity contribution in [3.05, 3.63) is 82.6 Å². The smallest absolute Gasteiger partial charge is 0.241 e. The van der Waals surface area contributed by atoms with Crippen molar-refractivity contribution in [2.75, 3.05) is 55.2 Å². The van der Waals surface area contributed by atoms with E-state index in [0.29, 0.717) is 30.0 Å². The summed E-state index contributed by atoms with van der Waals surface area (Å²) in [4.78, 5) is 62.5. The van der Waals surface area contributed by atoms with Crippen LogP contribution in [0.5, 0.6) is 17.2 Å². The van der Waals surface area contributed by atoms with E-state index < -0.39 is 52.6 Å². The molecule has 3 saturated heterocycles. The molecule has 5 aliphatic rings. The lowest BCUT2D eigenvalue weighted by Gasteiger charge is -2.49. The number of allylic oxidation sites excluding steroid dienone is 2. The summed E-state index contributed by atoms with van der Waals surface area (Å²) >= 11 is 6.12. The maximum atomic E-state index is 14.8. The zero-order chi connectivity index (χ0) is 36.6.